The summed E-state index contributed by atoms with van der Waals surface area (Å²) in [5.41, 5.74) is 0.999. The Morgan fingerprint density at radius 2 is 1.76 bits per heavy atom. The van der Waals surface area contributed by atoms with Crippen molar-refractivity contribution < 1.29 is 0 Å². The molecule has 17 heavy (non-hydrogen) atoms. The van der Waals surface area contributed by atoms with Gasteiger partial charge in [0.25, 0.3) is 0 Å². The first-order valence-electron chi connectivity index (χ1n) is 6.18. The number of hydrogen-bond donors (Lipinski definition) is 1. The number of nitrogens with zero attached hydrogens (tertiary/aromatic N) is 2. The second kappa shape index (κ2) is 7.07. The maximum absolute atomic E-state index is 8.19. The maximum Gasteiger partial charge on any atom is 0.128 e. The second-order valence-electron chi connectivity index (χ2n) is 4.45. The summed E-state index contributed by atoms with van der Waals surface area (Å²) in [6.07, 6.45) is 1.09. The van der Waals surface area contributed by atoms with E-state index in [1.807, 2.05) is 30.3 Å². The van der Waals surface area contributed by atoms with Gasteiger partial charge < -0.3 is 9.80 Å². The Bertz CT molecular complexity index is 333. The zero-order valence-electron chi connectivity index (χ0n) is 11.1. The Kier molecular flexibility index (Phi) is 5.70. The van der Waals surface area contributed by atoms with Gasteiger partial charge in [0.15, 0.2) is 0 Å². The van der Waals surface area contributed by atoms with Crippen molar-refractivity contribution >= 4 is 5.84 Å². The fourth-order valence-electron chi connectivity index (χ4n) is 1.78. The molecule has 0 fully saturated rings. The summed E-state index contributed by atoms with van der Waals surface area (Å²) in [6.45, 7) is 5.01. The van der Waals surface area contributed by atoms with Crippen LogP contribution < -0.4 is 0 Å². The molecule has 1 aromatic carbocycles. The molecule has 0 aliphatic carbocycles. The van der Waals surface area contributed by atoms with Crippen LogP contribution in [0.2, 0.25) is 0 Å². The van der Waals surface area contributed by atoms with Crippen LogP contribution in [-0.4, -0.2) is 49.4 Å². The lowest BCUT2D eigenvalue weighted by Crippen LogP contribution is -2.33. The molecule has 0 unspecified atom stereocenters. The van der Waals surface area contributed by atoms with Crippen molar-refractivity contribution in [3.05, 3.63) is 35.9 Å². The predicted octanol–water partition coefficient (Wildman–Crippen LogP) is 2.29. The van der Waals surface area contributed by atoms with Gasteiger partial charge in [-0.1, -0.05) is 30.3 Å². The average molecular weight is 233 g/mol. The topological polar surface area (TPSA) is 30.3 Å². The summed E-state index contributed by atoms with van der Waals surface area (Å²) in [5, 5.41) is 8.19. The first-order chi connectivity index (χ1) is 8.15. The molecule has 94 valence electrons. The number of nitrogens with one attached hydrogen (secondary N) is 1. The quantitative estimate of drug-likeness (QED) is 0.603. The van der Waals surface area contributed by atoms with E-state index in [9.17, 15) is 0 Å². The van der Waals surface area contributed by atoms with Gasteiger partial charge in [0.2, 0.25) is 0 Å². The molecule has 0 amide bonds. The lowest BCUT2D eigenvalue weighted by Gasteiger charge is -2.24. The lowest BCUT2D eigenvalue weighted by molar-refractivity contribution is 0.354. The molecule has 1 N–H and O–H groups in total. The van der Waals surface area contributed by atoms with E-state index in [-0.39, 0.29) is 0 Å². The Hall–Kier alpha value is -1.35. The van der Waals surface area contributed by atoms with Crippen molar-refractivity contribution in [3.63, 3.8) is 0 Å². The minimum atomic E-state index is 0.631. The molecule has 0 spiro atoms. The monoisotopic (exact) mass is 233 g/mol. The standard InChI is InChI=1S/C14H23N3/c1-4-17(12-8-11-16(2)3)14(15)13-9-6-5-7-10-13/h5-7,9-10,15H,4,8,11-12H2,1-3H3. The van der Waals surface area contributed by atoms with E-state index in [2.05, 4.69) is 30.8 Å². The van der Waals surface area contributed by atoms with Crippen LogP contribution in [0.15, 0.2) is 30.3 Å². The largest absolute Gasteiger partial charge is 0.357 e. The molecule has 0 atom stereocenters. The number of amidine groups is 1. The highest BCUT2D eigenvalue weighted by Crippen LogP contribution is 2.05. The van der Waals surface area contributed by atoms with Gasteiger partial charge in [-0.3, -0.25) is 5.41 Å². The van der Waals surface area contributed by atoms with Crippen LogP contribution >= 0.6 is 0 Å². The smallest absolute Gasteiger partial charge is 0.128 e. The van der Waals surface area contributed by atoms with Crippen LogP contribution in [0.5, 0.6) is 0 Å². The molecule has 0 saturated heterocycles. The summed E-state index contributed by atoms with van der Waals surface area (Å²) in [7, 11) is 4.16. The number of hydrogen-bond acceptors (Lipinski definition) is 2. The second-order valence-corrected chi connectivity index (χ2v) is 4.45. The molecule has 0 aromatic heterocycles. The van der Waals surface area contributed by atoms with Crippen molar-refractivity contribution in [2.45, 2.75) is 13.3 Å². The van der Waals surface area contributed by atoms with Gasteiger partial charge in [0, 0.05) is 18.7 Å². The Morgan fingerprint density at radius 3 is 2.29 bits per heavy atom. The van der Waals surface area contributed by atoms with Crippen molar-refractivity contribution in [1.82, 2.24) is 9.80 Å². The zero-order valence-corrected chi connectivity index (χ0v) is 11.1. The van der Waals surface area contributed by atoms with Crippen LogP contribution in [0.1, 0.15) is 18.9 Å². The minimum Gasteiger partial charge on any atom is -0.357 e. The molecule has 0 aliphatic rings. The molecular weight excluding hydrogens is 210 g/mol. The molecule has 3 heteroatoms. The third kappa shape index (κ3) is 4.57. The summed E-state index contributed by atoms with van der Waals surface area (Å²) >= 11 is 0. The van der Waals surface area contributed by atoms with Crippen LogP contribution in [0.4, 0.5) is 0 Å². The Labute approximate surface area is 105 Å². The van der Waals surface area contributed by atoms with Gasteiger partial charge in [-0.05, 0) is 34.0 Å². The molecule has 1 aromatic rings. The molecule has 0 bridgehead atoms. The molecule has 0 aliphatic heterocycles. The fourth-order valence-corrected chi connectivity index (χ4v) is 1.78. The summed E-state index contributed by atoms with van der Waals surface area (Å²) in [5.74, 6) is 0.631. The highest BCUT2D eigenvalue weighted by molar-refractivity contribution is 5.96. The van der Waals surface area contributed by atoms with Crippen molar-refractivity contribution in [3.8, 4) is 0 Å². The van der Waals surface area contributed by atoms with Gasteiger partial charge in [-0.15, -0.1) is 0 Å². The highest BCUT2D eigenvalue weighted by atomic mass is 15.2. The number of benzene rings is 1. The zero-order chi connectivity index (χ0) is 12.7. The third-order valence-electron chi connectivity index (χ3n) is 2.78. The van der Waals surface area contributed by atoms with Gasteiger partial charge >= 0.3 is 0 Å². The normalized spacial score (nSPS) is 10.6. The molecular formula is C14H23N3. The van der Waals surface area contributed by atoms with Crippen LogP contribution in [0.3, 0.4) is 0 Å². The van der Waals surface area contributed by atoms with E-state index in [4.69, 9.17) is 5.41 Å². The molecule has 0 heterocycles. The summed E-state index contributed by atoms with van der Waals surface area (Å²) in [6, 6.07) is 9.95. The van der Waals surface area contributed by atoms with E-state index >= 15 is 0 Å². The summed E-state index contributed by atoms with van der Waals surface area (Å²) in [4.78, 5) is 4.30. The van der Waals surface area contributed by atoms with Gasteiger partial charge in [0.05, 0.1) is 0 Å². The lowest BCUT2D eigenvalue weighted by atomic mass is 10.2. The van der Waals surface area contributed by atoms with Crippen molar-refractivity contribution in [1.29, 1.82) is 5.41 Å². The Morgan fingerprint density at radius 1 is 1.12 bits per heavy atom. The van der Waals surface area contributed by atoms with Crippen LogP contribution in [0, 0.1) is 5.41 Å². The fraction of sp³-hybridized carbons (Fsp3) is 0.500. The minimum absolute atomic E-state index is 0.631. The molecule has 3 nitrogen and oxygen atoms in total. The molecule has 0 saturated carbocycles. The molecule has 0 radical (unpaired) electrons. The van der Waals surface area contributed by atoms with Crippen LogP contribution in [0.25, 0.3) is 0 Å². The molecule has 1 rings (SSSR count). The maximum atomic E-state index is 8.19. The van der Waals surface area contributed by atoms with Gasteiger partial charge in [-0.2, -0.15) is 0 Å². The average Bonchev–Trinajstić information content (AvgIpc) is 2.34. The third-order valence-corrected chi connectivity index (χ3v) is 2.78. The van der Waals surface area contributed by atoms with E-state index < -0.39 is 0 Å². The van der Waals surface area contributed by atoms with E-state index in [1.54, 1.807) is 0 Å². The van der Waals surface area contributed by atoms with Gasteiger partial charge in [-0.25, -0.2) is 0 Å². The highest BCUT2D eigenvalue weighted by Gasteiger charge is 2.09. The van der Waals surface area contributed by atoms with Crippen LogP contribution in [-0.2, 0) is 0 Å². The predicted molar refractivity (Wildman–Crippen MR) is 73.7 cm³/mol. The van der Waals surface area contributed by atoms with E-state index in [0.717, 1.165) is 31.6 Å². The van der Waals surface area contributed by atoms with Crippen molar-refractivity contribution in [2.75, 3.05) is 33.7 Å². The summed E-state index contributed by atoms with van der Waals surface area (Å²) < 4.78 is 0. The van der Waals surface area contributed by atoms with E-state index in [0.29, 0.717) is 5.84 Å². The first kappa shape index (κ1) is 13.7. The Balaban J connectivity index is 2.53. The first-order valence-corrected chi connectivity index (χ1v) is 6.18. The van der Waals surface area contributed by atoms with Gasteiger partial charge in [0.1, 0.15) is 5.84 Å². The number of rotatable bonds is 6. The SMILES string of the molecule is CCN(CCCN(C)C)C(=N)c1ccccc1. The van der Waals surface area contributed by atoms with Crippen molar-refractivity contribution in [2.24, 2.45) is 0 Å². The van der Waals surface area contributed by atoms with E-state index in [1.165, 1.54) is 0 Å².